The molecule has 0 aromatic heterocycles. The average molecular weight is 465 g/mol. The van der Waals surface area contributed by atoms with Crippen LogP contribution in [0.25, 0.3) is 11.1 Å². The zero-order chi connectivity index (χ0) is 23.3. The maximum atomic E-state index is 13.3. The van der Waals surface area contributed by atoms with Gasteiger partial charge in [-0.05, 0) is 55.2 Å². The Morgan fingerprint density at radius 3 is 2.36 bits per heavy atom. The molecule has 0 unspecified atom stereocenters. The molecule has 172 valence electrons. The van der Waals surface area contributed by atoms with E-state index < -0.39 is 10.0 Å². The van der Waals surface area contributed by atoms with Crippen LogP contribution in [-0.2, 0) is 10.0 Å². The summed E-state index contributed by atoms with van der Waals surface area (Å²) in [6.45, 7) is 3.26. The molecule has 0 spiro atoms. The summed E-state index contributed by atoms with van der Waals surface area (Å²) in [5, 5.41) is 2.89. The van der Waals surface area contributed by atoms with Crippen LogP contribution < -0.4 is 10.1 Å². The number of sulfonamides is 1. The SMILES string of the molecule is CCOc1ccc(S(=O)(=O)N2CCCCC2)cc1NC(=O)c1ccccc1-c1ccccc1. The van der Waals surface area contributed by atoms with Gasteiger partial charge in [-0.15, -0.1) is 0 Å². The highest BCUT2D eigenvalue weighted by atomic mass is 32.2. The summed E-state index contributed by atoms with van der Waals surface area (Å²) in [7, 11) is -3.64. The van der Waals surface area contributed by atoms with E-state index in [0.717, 1.165) is 30.4 Å². The van der Waals surface area contributed by atoms with Crippen LogP contribution in [0.5, 0.6) is 5.75 Å². The molecule has 1 aliphatic heterocycles. The smallest absolute Gasteiger partial charge is 0.256 e. The molecule has 1 saturated heterocycles. The molecule has 1 amide bonds. The standard InChI is InChI=1S/C26H28N2O4S/c1-2-32-25-16-15-21(33(30,31)28-17-9-4-10-18-28)19-24(25)27-26(29)23-14-8-7-13-22(23)20-11-5-3-6-12-20/h3,5-8,11-16,19H,2,4,9-10,17-18H2,1H3,(H,27,29). The Balaban J connectivity index is 1.68. The van der Waals surface area contributed by atoms with Gasteiger partial charge in [0.2, 0.25) is 10.0 Å². The molecule has 0 bridgehead atoms. The van der Waals surface area contributed by atoms with Crippen molar-refractivity contribution >= 4 is 21.6 Å². The second-order valence-corrected chi connectivity index (χ2v) is 9.86. The van der Waals surface area contributed by atoms with Gasteiger partial charge in [-0.25, -0.2) is 8.42 Å². The van der Waals surface area contributed by atoms with Crippen molar-refractivity contribution in [2.24, 2.45) is 0 Å². The molecule has 0 saturated carbocycles. The quantitative estimate of drug-likeness (QED) is 0.523. The van der Waals surface area contributed by atoms with Gasteiger partial charge >= 0.3 is 0 Å². The number of rotatable bonds is 7. The molecular formula is C26H28N2O4S. The topological polar surface area (TPSA) is 75.7 Å². The first-order valence-electron chi connectivity index (χ1n) is 11.2. The van der Waals surface area contributed by atoms with Crippen LogP contribution in [0.4, 0.5) is 5.69 Å². The summed E-state index contributed by atoms with van der Waals surface area (Å²) in [5.41, 5.74) is 2.55. The van der Waals surface area contributed by atoms with Crippen LogP contribution in [-0.4, -0.2) is 38.3 Å². The average Bonchev–Trinajstić information content (AvgIpc) is 2.86. The van der Waals surface area contributed by atoms with Crippen molar-refractivity contribution in [2.45, 2.75) is 31.1 Å². The lowest BCUT2D eigenvalue weighted by atomic mass is 9.99. The van der Waals surface area contributed by atoms with Crippen molar-refractivity contribution < 1.29 is 17.9 Å². The molecule has 7 heteroatoms. The first-order valence-corrected chi connectivity index (χ1v) is 12.7. The van der Waals surface area contributed by atoms with E-state index in [-0.39, 0.29) is 10.8 Å². The van der Waals surface area contributed by atoms with Crippen LogP contribution >= 0.6 is 0 Å². The van der Waals surface area contributed by atoms with E-state index in [1.54, 1.807) is 18.2 Å². The van der Waals surface area contributed by atoms with Gasteiger partial charge in [-0.1, -0.05) is 55.0 Å². The zero-order valence-electron chi connectivity index (χ0n) is 18.7. The summed E-state index contributed by atoms with van der Waals surface area (Å²) < 4.78 is 33.5. The summed E-state index contributed by atoms with van der Waals surface area (Å²) in [6.07, 6.45) is 2.75. The number of hydrogen-bond donors (Lipinski definition) is 1. The van der Waals surface area contributed by atoms with Crippen molar-refractivity contribution in [3.05, 3.63) is 78.4 Å². The Morgan fingerprint density at radius 1 is 0.939 bits per heavy atom. The van der Waals surface area contributed by atoms with Crippen molar-refractivity contribution in [3.63, 3.8) is 0 Å². The monoisotopic (exact) mass is 464 g/mol. The largest absolute Gasteiger partial charge is 0.492 e. The number of nitrogens with one attached hydrogen (secondary N) is 1. The van der Waals surface area contributed by atoms with Crippen LogP contribution in [0.15, 0.2) is 77.7 Å². The minimum Gasteiger partial charge on any atom is -0.492 e. The third kappa shape index (κ3) is 5.10. The second-order valence-electron chi connectivity index (χ2n) is 7.92. The highest BCUT2D eigenvalue weighted by molar-refractivity contribution is 7.89. The molecule has 1 N–H and O–H groups in total. The van der Waals surface area contributed by atoms with Gasteiger partial charge in [0.05, 0.1) is 17.2 Å². The number of anilines is 1. The molecule has 3 aromatic carbocycles. The second kappa shape index (κ2) is 10.2. The molecule has 1 heterocycles. The number of carbonyl (C=O) groups excluding carboxylic acids is 1. The molecule has 33 heavy (non-hydrogen) atoms. The van der Waals surface area contributed by atoms with E-state index in [2.05, 4.69) is 5.32 Å². The van der Waals surface area contributed by atoms with Gasteiger partial charge in [0.1, 0.15) is 5.75 Å². The normalized spacial score (nSPS) is 14.6. The van der Waals surface area contributed by atoms with Gasteiger partial charge in [-0.2, -0.15) is 4.31 Å². The van der Waals surface area contributed by atoms with Gasteiger partial charge in [-0.3, -0.25) is 4.79 Å². The Labute approximate surface area is 195 Å². The molecule has 0 aliphatic carbocycles. The molecule has 4 rings (SSSR count). The van der Waals surface area contributed by atoms with Gasteiger partial charge < -0.3 is 10.1 Å². The van der Waals surface area contributed by atoms with E-state index in [4.69, 9.17) is 4.74 Å². The predicted molar refractivity (Wildman–Crippen MR) is 130 cm³/mol. The summed E-state index contributed by atoms with van der Waals surface area (Å²) in [4.78, 5) is 13.5. The number of ether oxygens (including phenoxy) is 1. The zero-order valence-corrected chi connectivity index (χ0v) is 19.5. The molecule has 0 atom stereocenters. The molecule has 3 aromatic rings. The number of carbonyl (C=O) groups is 1. The lowest BCUT2D eigenvalue weighted by Crippen LogP contribution is -2.35. The summed E-state index contributed by atoms with van der Waals surface area (Å²) in [5.74, 6) is 0.101. The summed E-state index contributed by atoms with van der Waals surface area (Å²) >= 11 is 0. The minimum atomic E-state index is -3.64. The Hall–Kier alpha value is -3.16. The first-order chi connectivity index (χ1) is 16.0. The highest BCUT2D eigenvalue weighted by Crippen LogP contribution is 2.32. The van der Waals surface area contributed by atoms with Crippen LogP contribution in [0.1, 0.15) is 36.5 Å². The van der Waals surface area contributed by atoms with Gasteiger partial charge in [0, 0.05) is 18.7 Å². The van der Waals surface area contributed by atoms with Crippen molar-refractivity contribution in [1.29, 1.82) is 0 Å². The third-order valence-corrected chi connectivity index (χ3v) is 7.60. The first kappa shape index (κ1) is 23.0. The molecule has 0 radical (unpaired) electrons. The van der Waals surface area contributed by atoms with E-state index in [9.17, 15) is 13.2 Å². The Morgan fingerprint density at radius 2 is 1.64 bits per heavy atom. The lowest BCUT2D eigenvalue weighted by molar-refractivity contribution is 0.102. The van der Waals surface area contributed by atoms with Crippen LogP contribution in [0.3, 0.4) is 0 Å². The third-order valence-electron chi connectivity index (χ3n) is 5.71. The fourth-order valence-electron chi connectivity index (χ4n) is 4.04. The molecule has 1 aliphatic rings. The fraction of sp³-hybridized carbons (Fsp3) is 0.269. The van der Waals surface area contributed by atoms with Crippen LogP contribution in [0.2, 0.25) is 0 Å². The van der Waals surface area contributed by atoms with Crippen molar-refractivity contribution in [3.8, 4) is 16.9 Å². The number of piperidine rings is 1. The van der Waals surface area contributed by atoms with E-state index in [0.29, 0.717) is 36.7 Å². The van der Waals surface area contributed by atoms with Gasteiger partial charge in [0.25, 0.3) is 5.91 Å². The summed E-state index contributed by atoms with van der Waals surface area (Å²) in [6, 6.07) is 21.7. The van der Waals surface area contributed by atoms with E-state index in [1.807, 2.05) is 55.5 Å². The highest BCUT2D eigenvalue weighted by Gasteiger charge is 2.27. The molecule has 1 fully saturated rings. The Kier molecular flexibility index (Phi) is 7.11. The van der Waals surface area contributed by atoms with Gasteiger partial charge in [0.15, 0.2) is 0 Å². The number of nitrogens with zero attached hydrogens (tertiary/aromatic N) is 1. The minimum absolute atomic E-state index is 0.152. The lowest BCUT2D eigenvalue weighted by Gasteiger charge is -2.26. The van der Waals surface area contributed by atoms with Crippen molar-refractivity contribution in [1.82, 2.24) is 4.31 Å². The Bertz CT molecular complexity index is 1220. The number of benzene rings is 3. The number of hydrogen-bond acceptors (Lipinski definition) is 4. The van der Waals surface area contributed by atoms with Crippen molar-refractivity contribution in [2.75, 3.05) is 25.0 Å². The van der Waals surface area contributed by atoms with E-state index in [1.165, 1.54) is 10.4 Å². The number of amides is 1. The fourth-order valence-corrected chi connectivity index (χ4v) is 5.59. The van der Waals surface area contributed by atoms with E-state index >= 15 is 0 Å². The molecule has 6 nitrogen and oxygen atoms in total. The predicted octanol–water partition coefficient (Wildman–Crippen LogP) is 5.18. The molecular weight excluding hydrogens is 436 g/mol. The maximum Gasteiger partial charge on any atom is 0.256 e. The maximum absolute atomic E-state index is 13.3. The van der Waals surface area contributed by atoms with Crippen LogP contribution in [0, 0.1) is 0 Å².